The van der Waals surface area contributed by atoms with Crippen molar-refractivity contribution in [2.45, 2.75) is 37.3 Å². The summed E-state index contributed by atoms with van der Waals surface area (Å²) in [6.45, 7) is 0. The molecule has 0 spiro atoms. The van der Waals surface area contributed by atoms with Crippen LogP contribution < -0.4 is 5.73 Å². The van der Waals surface area contributed by atoms with Crippen LogP contribution in [0.5, 0.6) is 5.75 Å². The van der Waals surface area contributed by atoms with E-state index in [2.05, 4.69) is 0 Å². The fourth-order valence-electron chi connectivity index (χ4n) is 2.22. The predicted molar refractivity (Wildman–Crippen MR) is 58.4 cm³/mol. The smallest absolute Gasteiger partial charge is 0.115 e. The summed E-state index contributed by atoms with van der Waals surface area (Å²) < 4.78 is 0. The Balaban J connectivity index is 2.22. The topological polar surface area (TPSA) is 66.5 Å². The number of phenolic OH excluding ortho intramolecular Hbond substituents is 1. The molecule has 0 radical (unpaired) electrons. The van der Waals surface area contributed by atoms with Crippen molar-refractivity contribution < 1.29 is 10.2 Å². The van der Waals surface area contributed by atoms with Crippen LogP contribution in [0.15, 0.2) is 24.3 Å². The molecule has 0 atom stereocenters. The molecule has 1 fully saturated rings. The first-order chi connectivity index (χ1) is 7.10. The molecule has 3 nitrogen and oxygen atoms in total. The highest BCUT2D eigenvalue weighted by molar-refractivity contribution is 5.32. The van der Waals surface area contributed by atoms with Crippen LogP contribution in [0, 0.1) is 0 Å². The highest BCUT2D eigenvalue weighted by Gasteiger charge is 2.32. The van der Waals surface area contributed by atoms with Crippen LogP contribution >= 0.6 is 0 Å². The second-order valence-electron chi connectivity index (χ2n) is 4.44. The van der Waals surface area contributed by atoms with E-state index in [-0.39, 0.29) is 17.4 Å². The summed E-state index contributed by atoms with van der Waals surface area (Å²) in [7, 11) is 0. The molecule has 2 rings (SSSR count). The molecule has 0 aromatic heterocycles. The minimum absolute atomic E-state index is 0.209. The van der Waals surface area contributed by atoms with Crippen molar-refractivity contribution in [3.8, 4) is 5.75 Å². The van der Waals surface area contributed by atoms with E-state index in [1.165, 1.54) is 0 Å². The molecule has 15 heavy (non-hydrogen) atoms. The molecular weight excluding hydrogens is 190 g/mol. The van der Waals surface area contributed by atoms with Crippen molar-refractivity contribution >= 4 is 0 Å². The molecule has 1 aliphatic carbocycles. The average molecular weight is 207 g/mol. The van der Waals surface area contributed by atoms with E-state index in [9.17, 15) is 10.2 Å². The first-order valence-electron chi connectivity index (χ1n) is 5.37. The number of benzene rings is 1. The fraction of sp³-hybridized carbons (Fsp3) is 0.500. The van der Waals surface area contributed by atoms with Crippen LogP contribution in [0.25, 0.3) is 0 Å². The predicted octanol–water partition coefficient (Wildman–Crippen LogP) is 1.48. The normalized spacial score (nSPS) is 31.5. The Morgan fingerprint density at radius 2 is 1.93 bits per heavy atom. The summed E-state index contributed by atoms with van der Waals surface area (Å²) in [5, 5.41) is 18.8. The van der Waals surface area contributed by atoms with Crippen LogP contribution in [-0.4, -0.2) is 16.3 Å². The lowest BCUT2D eigenvalue weighted by Gasteiger charge is -2.36. The van der Waals surface area contributed by atoms with Gasteiger partial charge in [-0.3, -0.25) is 0 Å². The average Bonchev–Trinajstić information content (AvgIpc) is 2.23. The van der Waals surface area contributed by atoms with Gasteiger partial charge in [-0.05, 0) is 43.4 Å². The van der Waals surface area contributed by atoms with Gasteiger partial charge in [-0.25, -0.2) is 0 Å². The number of aromatic hydroxyl groups is 1. The minimum Gasteiger partial charge on any atom is -0.508 e. The van der Waals surface area contributed by atoms with Crippen molar-refractivity contribution in [2.75, 3.05) is 0 Å². The van der Waals surface area contributed by atoms with Gasteiger partial charge in [0.1, 0.15) is 5.75 Å². The van der Waals surface area contributed by atoms with Crippen molar-refractivity contribution in [1.82, 2.24) is 0 Å². The Labute approximate surface area is 89.5 Å². The SMILES string of the molecule is NC1(c2cccc(O)c2)CCC(O)CC1. The lowest BCUT2D eigenvalue weighted by molar-refractivity contribution is 0.0968. The molecule has 0 unspecified atom stereocenters. The van der Waals surface area contributed by atoms with Crippen molar-refractivity contribution in [3.63, 3.8) is 0 Å². The molecule has 82 valence electrons. The van der Waals surface area contributed by atoms with Crippen LogP contribution in [0.4, 0.5) is 0 Å². The lowest BCUT2D eigenvalue weighted by atomic mass is 9.76. The zero-order valence-corrected chi connectivity index (χ0v) is 8.69. The third-order valence-electron chi connectivity index (χ3n) is 3.27. The highest BCUT2D eigenvalue weighted by Crippen LogP contribution is 2.35. The number of aliphatic hydroxyl groups excluding tert-OH is 1. The quantitative estimate of drug-likeness (QED) is 0.653. The van der Waals surface area contributed by atoms with Gasteiger partial charge in [0.2, 0.25) is 0 Å². The van der Waals surface area contributed by atoms with E-state index in [1.807, 2.05) is 12.1 Å². The number of rotatable bonds is 1. The van der Waals surface area contributed by atoms with Gasteiger partial charge < -0.3 is 15.9 Å². The largest absolute Gasteiger partial charge is 0.508 e. The molecule has 1 aliphatic rings. The van der Waals surface area contributed by atoms with Crippen LogP contribution in [-0.2, 0) is 5.54 Å². The van der Waals surface area contributed by atoms with Crippen molar-refractivity contribution in [2.24, 2.45) is 5.73 Å². The van der Waals surface area contributed by atoms with Gasteiger partial charge in [0.05, 0.1) is 6.10 Å². The Kier molecular flexibility index (Phi) is 2.67. The zero-order valence-electron chi connectivity index (χ0n) is 8.69. The van der Waals surface area contributed by atoms with Gasteiger partial charge in [0.25, 0.3) is 0 Å². The Hall–Kier alpha value is -1.06. The molecule has 0 heterocycles. The third-order valence-corrected chi connectivity index (χ3v) is 3.27. The molecule has 0 amide bonds. The summed E-state index contributed by atoms with van der Waals surface area (Å²) >= 11 is 0. The summed E-state index contributed by atoms with van der Waals surface area (Å²) in [4.78, 5) is 0. The van der Waals surface area contributed by atoms with Crippen LogP contribution in [0.1, 0.15) is 31.2 Å². The van der Waals surface area contributed by atoms with Gasteiger partial charge >= 0.3 is 0 Å². The fourth-order valence-corrected chi connectivity index (χ4v) is 2.22. The van der Waals surface area contributed by atoms with E-state index >= 15 is 0 Å². The lowest BCUT2D eigenvalue weighted by Crippen LogP contribution is -2.41. The molecule has 1 aromatic rings. The molecular formula is C12H17NO2. The van der Waals surface area contributed by atoms with Gasteiger partial charge in [0.15, 0.2) is 0 Å². The number of phenols is 1. The monoisotopic (exact) mass is 207 g/mol. The number of nitrogens with two attached hydrogens (primary N) is 1. The number of aliphatic hydroxyl groups is 1. The summed E-state index contributed by atoms with van der Waals surface area (Å²) in [6.07, 6.45) is 2.83. The third kappa shape index (κ3) is 2.13. The van der Waals surface area contributed by atoms with E-state index < -0.39 is 0 Å². The summed E-state index contributed by atoms with van der Waals surface area (Å²) in [5.41, 5.74) is 6.88. The van der Waals surface area contributed by atoms with E-state index in [0.29, 0.717) is 0 Å². The van der Waals surface area contributed by atoms with Gasteiger partial charge in [0, 0.05) is 5.54 Å². The number of hydrogen-bond acceptors (Lipinski definition) is 3. The Morgan fingerprint density at radius 1 is 1.27 bits per heavy atom. The first-order valence-corrected chi connectivity index (χ1v) is 5.37. The highest BCUT2D eigenvalue weighted by atomic mass is 16.3. The number of hydrogen-bond donors (Lipinski definition) is 3. The van der Waals surface area contributed by atoms with Gasteiger partial charge in [-0.1, -0.05) is 12.1 Å². The standard InChI is InChI=1S/C12H17NO2/c13-12(6-4-10(14)5-7-12)9-2-1-3-11(15)8-9/h1-3,8,10,14-15H,4-7,13H2. The summed E-state index contributed by atoms with van der Waals surface area (Å²) in [6, 6.07) is 7.12. The van der Waals surface area contributed by atoms with E-state index in [0.717, 1.165) is 31.2 Å². The van der Waals surface area contributed by atoms with Crippen molar-refractivity contribution in [1.29, 1.82) is 0 Å². The second-order valence-corrected chi connectivity index (χ2v) is 4.44. The molecule has 1 aromatic carbocycles. The molecule has 0 saturated heterocycles. The van der Waals surface area contributed by atoms with Crippen LogP contribution in [0.3, 0.4) is 0 Å². The molecule has 4 N–H and O–H groups in total. The second kappa shape index (κ2) is 3.83. The van der Waals surface area contributed by atoms with Gasteiger partial charge in [-0.15, -0.1) is 0 Å². The molecule has 0 aliphatic heterocycles. The maximum Gasteiger partial charge on any atom is 0.115 e. The molecule has 3 heteroatoms. The maximum atomic E-state index is 9.44. The minimum atomic E-state index is -0.377. The Bertz CT molecular complexity index is 343. The molecule has 0 bridgehead atoms. The molecule has 1 saturated carbocycles. The maximum absolute atomic E-state index is 9.44. The van der Waals surface area contributed by atoms with Gasteiger partial charge in [-0.2, -0.15) is 0 Å². The Morgan fingerprint density at radius 3 is 2.53 bits per heavy atom. The first kappa shape index (κ1) is 10.5. The van der Waals surface area contributed by atoms with Crippen molar-refractivity contribution in [3.05, 3.63) is 29.8 Å². The zero-order chi connectivity index (χ0) is 10.9. The van der Waals surface area contributed by atoms with E-state index in [1.54, 1.807) is 12.1 Å². The summed E-state index contributed by atoms with van der Waals surface area (Å²) in [5.74, 6) is 0.253. The van der Waals surface area contributed by atoms with Crippen LogP contribution in [0.2, 0.25) is 0 Å². The van der Waals surface area contributed by atoms with E-state index in [4.69, 9.17) is 5.73 Å².